The zero-order valence-electron chi connectivity index (χ0n) is 43.3. The SMILES string of the molecule is CCCCCCC#CCCCOc1cccc(C(=O)N[C@@H]2C(O[C@@H]3C(CO)O[C@@H](OC4C(CO)O[C@@H](O[C@@H]5C(COS(=O)(=O)[O-])OC(O)C(NC(C)=O)C5O)[C@@H](NC(C)=O)[C@H]4O)C(NC(C)=O)C3O)OC(CO)[C@@H](O)[C@@H]2O)c1. The second kappa shape index (κ2) is 30.5. The van der Waals surface area contributed by atoms with Crippen LogP contribution < -0.4 is 26.0 Å². The van der Waals surface area contributed by atoms with E-state index < -0.39 is 183 Å². The quantitative estimate of drug-likeness (QED) is 0.0188. The minimum atomic E-state index is -5.41. The van der Waals surface area contributed by atoms with E-state index in [-0.39, 0.29) is 5.56 Å². The van der Waals surface area contributed by atoms with Gasteiger partial charge in [-0.05, 0) is 31.0 Å². The van der Waals surface area contributed by atoms with Gasteiger partial charge in [-0.25, -0.2) is 8.42 Å². The molecule has 1 aromatic rings. The van der Waals surface area contributed by atoms with Crippen molar-refractivity contribution in [2.75, 3.05) is 33.0 Å². The first-order valence-electron chi connectivity index (χ1n) is 25.4. The maximum absolute atomic E-state index is 13.8. The van der Waals surface area contributed by atoms with Crippen molar-refractivity contribution >= 4 is 34.0 Å². The highest BCUT2D eigenvalue weighted by Gasteiger charge is 2.56. The Bertz CT molecular complexity index is 2280. The standard InChI is InChI=1S/C48H74N4O25S/c1-5-6-7-8-9-10-11-12-13-17-69-27-16-14-15-26(18-27)44(64)52-33-37(60)36(59)28(19-53)72-46(33)75-41-29(20-54)73-47(34(39(41)62)50-24(3)57)76-42-30(21-55)74-48(35(40(42)63)51-25(4)58)77-43-31(22-70-78(66,67)68)71-45(65)32(38(43)61)49-23(2)56/h14-16,18,28-43,45-48,53-55,59-63,65H,5-9,12-13,17,19-22H2,1-4H3,(H,49,56)(H,50,57)(H,51,58)(H,52,64)(H,66,67,68)/p-1/t28?,29?,30?,31?,32?,33-,34?,35-,36+,37+,38?,39?,40+,41+,42?,43+,45?,46?,47-,48-/m0/s1. The molecule has 0 aliphatic carbocycles. The number of amides is 4. The number of ether oxygens (including phenoxy) is 8. The van der Waals surface area contributed by atoms with E-state index >= 15 is 0 Å². The fourth-order valence-corrected chi connectivity index (χ4v) is 9.50. The summed E-state index contributed by atoms with van der Waals surface area (Å²) >= 11 is 0. The zero-order chi connectivity index (χ0) is 57.4. The fraction of sp³-hybridized carbons (Fsp3) is 0.750. The highest BCUT2D eigenvalue weighted by atomic mass is 32.3. The Morgan fingerprint density at radius 2 is 1.08 bits per heavy atom. The maximum atomic E-state index is 13.8. The van der Waals surface area contributed by atoms with E-state index in [0.29, 0.717) is 25.2 Å². The van der Waals surface area contributed by atoms with Crippen LogP contribution in [0, 0.1) is 11.8 Å². The van der Waals surface area contributed by atoms with Gasteiger partial charge in [-0.2, -0.15) is 0 Å². The number of hydrogen-bond donors (Lipinski definition) is 13. The summed E-state index contributed by atoms with van der Waals surface area (Å²) in [4.78, 5) is 51.1. The maximum Gasteiger partial charge on any atom is 0.251 e. The van der Waals surface area contributed by atoms with Crippen LogP contribution in [0.5, 0.6) is 5.75 Å². The molecule has 4 fully saturated rings. The fourth-order valence-electron chi connectivity index (χ4n) is 9.20. The highest BCUT2D eigenvalue weighted by Crippen LogP contribution is 2.35. The number of aliphatic hydroxyl groups excluding tert-OH is 9. The lowest BCUT2D eigenvalue weighted by Gasteiger charge is -2.51. The average molecular weight is 1140 g/mol. The molecule has 0 radical (unpaired) electrons. The van der Waals surface area contributed by atoms with E-state index in [2.05, 4.69) is 44.2 Å². The summed E-state index contributed by atoms with van der Waals surface area (Å²) < 4.78 is 85.6. The predicted octanol–water partition coefficient (Wildman–Crippen LogP) is -5.26. The van der Waals surface area contributed by atoms with Crippen molar-refractivity contribution in [2.24, 2.45) is 0 Å². The summed E-state index contributed by atoms with van der Waals surface area (Å²) in [5.74, 6) is 3.36. The Labute approximate surface area is 450 Å². The van der Waals surface area contributed by atoms with Gasteiger partial charge in [0, 0.05) is 39.2 Å². The molecule has 0 saturated carbocycles. The van der Waals surface area contributed by atoms with Crippen molar-refractivity contribution < 1.29 is 120 Å². The largest absolute Gasteiger partial charge is 0.726 e. The molecule has 4 saturated heterocycles. The molecule has 4 aliphatic heterocycles. The van der Waals surface area contributed by atoms with Crippen LogP contribution in [0.25, 0.3) is 0 Å². The number of aliphatic hydroxyl groups is 9. The topological polar surface area (TPSA) is 439 Å². The van der Waals surface area contributed by atoms with Crippen LogP contribution in [0.15, 0.2) is 24.3 Å². The van der Waals surface area contributed by atoms with E-state index in [1.165, 1.54) is 18.6 Å². The van der Waals surface area contributed by atoms with Gasteiger partial charge in [0.2, 0.25) is 28.1 Å². The van der Waals surface area contributed by atoms with Gasteiger partial charge in [0.05, 0.1) is 33.0 Å². The summed E-state index contributed by atoms with van der Waals surface area (Å²) in [7, 11) is -5.41. The van der Waals surface area contributed by atoms with Crippen molar-refractivity contribution in [1.29, 1.82) is 0 Å². The molecule has 4 aliphatic rings. The van der Waals surface area contributed by atoms with Gasteiger partial charge < -0.3 is 110 Å². The van der Waals surface area contributed by atoms with Gasteiger partial charge in [0.25, 0.3) is 5.91 Å². The average Bonchev–Trinajstić information content (AvgIpc) is 3.47. The molecule has 4 heterocycles. The smallest absolute Gasteiger partial charge is 0.251 e. The van der Waals surface area contributed by atoms with Crippen molar-refractivity contribution in [3.63, 3.8) is 0 Å². The van der Waals surface area contributed by atoms with E-state index in [1.54, 1.807) is 12.1 Å². The second-order valence-electron chi connectivity index (χ2n) is 19.0. The van der Waals surface area contributed by atoms with Gasteiger partial charge in [-0.1, -0.05) is 32.3 Å². The molecule has 29 nitrogen and oxygen atoms in total. The zero-order valence-corrected chi connectivity index (χ0v) is 44.1. The van der Waals surface area contributed by atoms with Gasteiger partial charge in [0.1, 0.15) is 103 Å². The van der Waals surface area contributed by atoms with E-state index in [9.17, 15) is 78.1 Å². The number of carbonyl (C=O) groups is 4. The molecule has 78 heavy (non-hydrogen) atoms. The number of carbonyl (C=O) groups excluding carboxylic acids is 4. The lowest BCUT2D eigenvalue weighted by Crippen LogP contribution is -2.71. The molecule has 0 spiro atoms. The molecule has 30 heteroatoms. The van der Waals surface area contributed by atoms with Gasteiger partial charge in [0.15, 0.2) is 25.2 Å². The predicted molar refractivity (Wildman–Crippen MR) is 260 cm³/mol. The monoisotopic (exact) mass is 1140 g/mol. The minimum Gasteiger partial charge on any atom is -0.726 e. The van der Waals surface area contributed by atoms with Crippen molar-refractivity contribution in [2.45, 2.75) is 195 Å². The first-order chi connectivity index (χ1) is 37.0. The number of rotatable bonds is 25. The highest BCUT2D eigenvalue weighted by molar-refractivity contribution is 7.80. The third-order valence-electron chi connectivity index (χ3n) is 13.0. The van der Waals surface area contributed by atoms with Crippen LogP contribution >= 0.6 is 0 Å². The Hall–Kier alpha value is -4.31. The molecular formula is C48H73N4O25S-. The lowest BCUT2D eigenvalue weighted by molar-refractivity contribution is -0.361. The first-order valence-corrected chi connectivity index (χ1v) is 26.8. The summed E-state index contributed by atoms with van der Waals surface area (Å²) in [6.07, 6.45) is -23.2. The van der Waals surface area contributed by atoms with Crippen LogP contribution in [0.2, 0.25) is 0 Å². The molecule has 5 rings (SSSR count). The molecule has 20 atom stereocenters. The second-order valence-corrected chi connectivity index (χ2v) is 20.1. The number of nitrogens with one attached hydrogen (secondary N) is 4. The number of benzene rings is 1. The molecule has 0 aromatic heterocycles. The van der Waals surface area contributed by atoms with Crippen LogP contribution in [0.3, 0.4) is 0 Å². The van der Waals surface area contributed by atoms with Crippen LogP contribution in [0.4, 0.5) is 0 Å². The summed E-state index contributed by atoms with van der Waals surface area (Å²) in [5.41, 5.74) is 0.0426. The Morgan fingerprint density at radius 1 is 0.603 bits per heavy atom. The van der Waals surface area contributed by atoms with E-state index in [0.717, 1.165) is 46.5 Å². The molecule has 4 amide bonds. The normalized spacial score (nSPS) is 35.1. The molecule has 442 valence electrons. The van der Waals surface area contributed by atoms with E-state index in [1.807, 2.05) is 0 Å². The molecule has 11 unspecified atom stereocenters. The van der Waals surface area contributed by atoms with E-state index in [4.69, 9.17) is 37.9 Å². The summed E-state index contributed by atoms with van der Waals surface area (Å²) in [5, 5.41) is 109. The number of unbranched alkanes of at least 4 members (excludes halogenated alkanes) is 5. The third-order valence-corrected chi connectivity index (χ3v) is 13.5. The van der Waals surface area contributed by atoms with Crippen LogP contribution in [0.1, 0.15) is 83.0 Å². The third kappa shape index (κ3) is 17.8. The lowest BCUT2D eigenvalue weighted by atomic mass is 9.93. The summed E-state index contributed by atoms with van der Waals surface area (Å²) in [6.45, 7) is 1.41. The van der Waals surface area contributed by atoms with Crippen molar-refractivity contribution in [3.05, 3.63) is 29.8 Å². The van der Waals surface area contributed by atoms with Crippen molar-refractivity contribution in [3.8, 4) is 17.6 Å². The van der Waals surface area contributed by atoms with Crippen molar-refractivity contribution in [1.82, 2.24) is 21.3 Å². The Balaban J connectivity index is 1.35. The molecule has 1 aromatic carbocycles. The molecule has 0 bridgehead atoms. The van der Waals surface area contributed by atoms with Crippen LogP contribution in [-0.4, -0.2) is 238 Å². The Kier molecular flexibility index (Phi) is 25.2. The van der Waals surface area contributed by atoms with Gasteiger partial charge >= 0.3 is 0 Å². The van der Waals surface area contributed by atoms with Gasteiger partial charge in [-0.15, -0.1) is 11.8 Å². The number of hydrogen-bond acceptors (Lipinski definition) is 25. The first kappa shape index (κ1) is 64.5. The molecular weight excluding hydrogens is 1060 g/mol. The van der Waals surface area contributed by atoms with Crippen LogP contribution in [-0.2, 0) is 62.1 Å². The summed E-state index contributed by atoms with van der Waals surface area (Å²) in [6, 6.07) is -0.788. The molecule has 13 N–H and O–H groups in total. The Morgan fingerprint density at radius 3 is 1.58 bits per heavy atom. The van der Waals surface area contributed by atoms with Gasteiger partial charge in [-0.3, -0.25) is 23.4 Å². The minimum absolute atomic E-state index is 0.0426.